The molecule has 1 atom stereocenters. The summed E-state index contributed by atoms with van der Waals surface area (Å²) in [5, 5.41) is 13.8. The van der Waals surface area contributed by atoms with Gasteiger partial charge in [-0.15, -0.1) is 0 Å². The molecule has 0 aliphatic heterocycles. The summed E-state index contributed by atoms with van der Waals surface area (Å²) in [6, 6.07) is 5.02. The smallest absolute Gasteiger partial charge is 0.377 e. The summed E-state index contributed by atoms with van der Waals surface area (Å²) in [5.74, 6) is -0.645. The van der Waals surface area contributed by atoms with Crippen molar-refractivity contribution in [1.82, 2.24) is 30.3 Å². The van der Waals surface area contributed by atoms with Crippen LogP contribution in [0, 0.1) is 5.41 Å². The zero-order chi connectivity index (χ0) is 42.1. The van der Waals surface area contributed by atoms with Crippen molar-refractivity contribution in [3.05, 3.63) is 52.9 Å². The Morgan fingerprint density at radius 1 is 0.759 bits per heavy atom. The number of carbonyl (C=O) groups is 3. The summed E-state index contributed by atoms with van der Waals surface area (Å²) in [6.45, 7) is 11.8. The Morgan fingerprint density at radius 3 is 1.86 bits per heavy atom. The van der Waals surface area contributed by atoms with Gasteiger partial charge >= 0.3 is 6.18 Å². The van der Waals surface area contributed by atoms with E-state index < -0.39 is 11.7 Å². The molecule has 2 aromatic heterocycles. The van der Waals surface area contributed by atoms with Gasteiger partial charge in [0, 0.05) is 60.3 Å². The maximum atomic E-state index is 13.2. The van der Waals surface area contributed by atoms with E-state index >= 15 is 0 Å². The predicted octanol–water partition coefficient (Wildman–Crippen LogP) is 3.60. The summed E-state index contributed by atoms with van der Waals surface area (Å²) in [6.07, 6.45) is 0.210. The van der Waals surface area contributed by atoms with E-state index in [9.17, 15) is 27.6 Å². The number of aromatic nitrogens is 3. The first-order chi connectivity index (χ1) is 27.6. The number of nitrogens with zero attached hydrogens (tertiary/aromatic N) is 3. The molecular formula is C40H57F3N6O9. The topological polar surface area (TPSA) is 165 Å². The van der Waals surface area contributed by atoms with Gasteiger partial charge in [-0.05, 0) is 55.5 Å². The monoisotopic (exact) mass is 822 g/mol. The van der Waals surface area contributed by atoms with Gasteiger partial charge in [0.25, 0.3) is 0 Å². The first kappa shape index (κ1) is 46.4. The Kier molecular flexibility index (Phi) is 18.2. The summed E-state index contributed by atoms with van der Waals surface area (Å²) < 4.78 is 75.5. The number of halogens is 3. The average Bonchev–Trinajstić information content (AvgIpc) is 3.69. The van der Waals surface area contributed by atoms with Gasteiger partial charge in [0.2, 0.25) is 17.7 Å². The molecule has 0 radical (unpaired) electrons. The highest BCUT2D eigenvalue weighted by atomic mass is 19.4. The minimum atomic E-state index is -4.43. The van der Waals surface area contributed by atoms with Gasteiger partial charge in [-0.2, -0.15) is 18.3 Å². The van der Waals surface area contributed by atoms with E-state index in [2.05, 4.69) is 41.8 Å². The van der Waals surface area contributed by atoms with E-state index in [0.717, 1.165) is 28.8 Å². The summed E-state index contributed by atoms with van der Waals surface area (Å²) in [7, 11) is 1.77. The molecule has 3 aromatic rings. The second kappa shape index (κ2) is 22.7. The fourth-order valence-electron chi connectivity index (χ4n) is 5.77. The number of amides is 3. The molecule has 322 valence electrons. The zero-order valence-electron chi connectivity index (χ0n) is 34.0. The number of ether oxygens (including phenoxy) is 6. The molecule has 1 aliphatic carbocycles. The summed E-state index contributed by atoms with van der Waals surface area (Å²) >= 11 is 0. The molecule has 58 heavy (non-hydrogen) atoms. The number of hydrogen-bond acceptors (Lipinski definition) is 10. The minimum Gasteiger partial charge on any atom is -0.377 e. The van der Waals surface area contributed by atoms with Crippen molar-refractivity contribution in [3.8, 4) is 5.69 Å². The van der Waals surface area contributed by atoms with E-state index in [4.69, 9.17) is 28.4 Å². The number of benzene rings is 1. The average molecular weight is 823 g/mol. The lowest BCUT2D eigenvalue weighted by atomic mass is 9.88. The minimum absolute atomic E-state index is 0.0138. The van der Waals surface area contributed by atoms with Crippen molar-refractivity contribution in [2.24, 2.45) is 12.5 Å². The summed E-state index contributed by atoms with van der Waals surface area (Å²) in [4.78, 5) is 36.8. The number of aryl methyl sites for hydroxylation is 1. The second-order valence-corrected chi connectivity index (χ2v) is 14.8. The maximum absolute atomic E-state index is 13.2. The van der Waals surface area contributed by atoms with E-state index in [0.29, 0.717) is 95.7 Å². The van der Waals surface area contributed by atoms with Gasteiger partial charge in [0.05, 0.1) is 71.6 Å². The van der Waals surface area contributed by atoms with Crippen LogP contribution in [0.15, 0.2) is 36.0 Å². The molecule has 1 aliphatic rings. The quantitative estimate of drug-likeness (QED) is 0.108. The maximum Gasteiger partial charge on any atom is 0.416 e. The Balaban J connectivity index is 0.976. The first-order valence-electron chi connectivity index (χ1n) is 19.4. The number of hydrogen-bond donors (Lipinski definition) is 3. The molecule has 18 heteroatoms. The van der Waals surface area contributed by atoms with E-state index in [1.54, 1.807) is 11.7 Å². The normalized spacial score (nSPS) is 13.6. The van der Waals surface area contributed by atoms with Gasteiger partial charge in [0.1, 0.15) is 13.2 Å². The highest BCUT2D eigenvalue weighted by Gasteiger charge is 2.31. The number of nitrogens with one attached hydrogen (secondary N) is 3. The third-order valence-corrected chi connectivity index (χ3v) is 9.32. The Labute approximate surface area is 336 Å². The number of rotatable bonds is 25. The van der Waals surface area contributed by atoms with Crippen molar-refractivity contribution in [2.45, 2.75) is 52.8 Å². The SMILES string of the molecule is CC(NC(=O)COCCOCCOCCOCC(=O)NCCOCCOCCNC(=O)C1=Cc2c(n(-c3ccc(C(F)(F)F)cc3)c3nn(C)cc23)CC1)C(C)(C)C. The van der Waals surface area contributed by atoms with Crippen LogP contribution in [0.3, 0.4) is 0 Å². The van der Waals surface area contributed by atoms with Gasteiger partial charge in [-0.25, -0.2) is 0 Å². The molecule has 0 bridgehead atoms. The van der Waals surface area contributed by atoms with Gasteiger partial charge in [-0.1, -0.05) is 20.8 Å². The van der Waals surface area contributed by atoms with Gasteiger partial charge in [0.15, 0.2) is 5.65 Å². The standard InChI is InChI=1S/C40H57F3N6O9/c1-28(39(2,3)4)46-36(51)27-58-23-21-56-19-18-55-20-22-57-26-35(50)44-12-14-53-16-17-54-15-13-45-38(52)29-6-11-34-32(24-29)33-25-48(5)47-37(33)49(34)31-9-7-30(8-10-31)40(41,42)43/h7-10,24-25,28H,6,11-23,26-27H2,1-5H3,(H,44,50)(H,45,52)(H,46,51). The lowest BCUT2D eigenvalue weighted by Crippen LogP contribution is -2.43. The van der Waals surface area contributed by atoms with E-state index in [1.165, 1.54) is 12.1 Å². The molecule has 0 fully saturated rings. The molecule has 2 heterocycles. The predicted molar refractivity (Wildman–Crippen MR) is 209 cm³/mol. The molecule has 3 amide bonds. The molecule has 4 rings (SSSR count). The highest BCUT2D eigenvalue weighted by Crippen LogP contribution is 2.36. The van der Waals surface area contributed by atoms with Gasteiger partial charge < -0.3 is 44.4 Å². The molecular weight excluding hydrogens is 765 g/mol. The fourth-order valence-corrected chi connectivity index (χ4v) is 5.77. The van der Waals surface area contributed by atoms with Crippen LogP contribution < -0.4 is 16.0 Å². The first-order valence-corrected chi connectivity index (χ1v) is 19.4. The van der Waals surface area contributed by atoms with Crippen molar-refractivity contribution in [3.63, 3.8) is 0 Å². The molecule has 0 spiro atoms. The number of alkyl halides is 3. The van der Waals surface area contributed by atoms with Crippen molar-refractivity contribution in [1.29, 1.82) is 0 Å². The van der Waals surface area contributed by atoms with Crippen LogP contribution in [-0.4, -0.2) is 130 Å². The third-order valence-electron chi connectivity index (χ3n) is 9.32. The van der Waals surface area contributed by atoms with Crippen molar-refractivity contribution < 1.29 is 56.0 Å². The molecule has 1 aromatic carbocycles. The second-order valence-electron chi connectivity index (χ2n) is 14.8. The van der Waals surface area contributed by atoms with Gasteiger partial charge in [-0.3, -0.25) is 23.6 Å². The van der Waals surface area contributed by atoms with Crippen LogP contribution >= 0.6 is 0 Å². The van der Waals surface area contributed by atoms with E-state index in [-0.39, 0.29) is 55.6 Å². The number of carbonyl (C=O) groups excluding carboxylic acids is 3. The third kappa shape index (κ3) is 14.8. The fraction of sp³-hybridized carbons (Fsp3) is 0.600. The summed E-state index contributed by atoms with van der Waals surface area (Å²) in [5.41, 5.74) is 2.73. The van der Waals surface area contributed by atoms with Crippen molar-refractivity contribution >= 4 is 34.8 Å². The Hall–Kier alpha value is -4.33. The number of fused-ring (bicyclic) bond motifs is 3. The van der Waals surface area contributed by atoms with Crippen LogP contribution in [0.4, 0.5) is 13.2 Å². The molecule has 15 nitrogen and oxygen atoms in total. The molecule has 0 saturated carbocycles. The van der Waals surface area contributed by atoms with Crippen LogP contribution in [-0.2, 0) is 62.4 Å². The highest BCUT2D eigenvalue weighted by molar-refractivity contribution is 6.02. The van der Waals surface area contributed by atoms with Crippen molar-refractivity contribution in [2.75, 3.05) is 92.4 Å². The lowest BCUT2D eigenvalue weighted by molar-refractivity contribution is -0.137. The Morgan fingerprint density at radius 2 is 1.29 bits per heavy atom. The van der Waals surface area contributed by atoms with Crippen LogP contribution in [0.5, 0.6) is 0 Å². The van der Waals surface area contributed by atoms with Crippen LogP contribution in [0.25, 0.3) is 22.8 Å². The molecule has 1 unspecified atom stereocenters. The van der Waals surface area contributed by atoms with Crippen LogP contribution in [0.1, 0.15) is 50.9 Å². The van der Waals surface area contributed by atoms with Crippen LogP contribution in [0.2, 0.25) is 0 Å². The van der Waals surface area contributed by atoms with E-state index in [1.807, 2.05) is 23.8 Å². The zero-order valence-corrected chi connectivity index (χ0v) is 34.0. The largest absolute Gasteiger partial charge is 0.416 e. The Bertz CT molecular complexity index is 1800. The lowest BCUT2D eigenvalue weighted by Gasteiger charge is -2.28. The molecule has 0 saturated heterocycles. The molecule has 3 N–H and O–H groups in total.